The van der Waals surface area contributed by atoms with Gasteiger partial charge in [-0.25, -0.2) is 0 Å². The second-order valence-corrected chi connectivity index (χ2v) is 15.1. The van der Waals surface area contributed by atoms with E-state index >= 15 is 17.6 Å². The molecule has 0 saturated carbocycles. The summed E-state index contributed by atoms with van der Waals surface area (Å²) in [4.78, 5) is 0. The van der Waals surface area contributed by atoms with Crippen LogP contribution in [0.15, 0.2) is 24.3 Å². The first-order valence-electron chi connectivity index (χ1n) is 17.7. The Morgan fingerprint density at radius 2 is 0.531 bits per heavy atom. The molecule has 28 heteroatoms. The zero-order valence-corrected chi connectivity index (χ0v) is 33.1. The summed E-state index contributed by atoms with van der Waals surface area (Å²) in [7, 11) is 0. The molecule has 0 radical (unpaired) electrons. The monoisotopic (exact) mass is 988 g/mol. The lowest BCUT2D eigenvalue weighted by Gasteiger charge is -2.41. The fourth-order valence-corrected chi connectivity index (χ4v) is 6.53. The largest absolute Gasteiger partial charge is 0.460 e. The summed E-state index contributed by atoms with van der Waals surface area (Å²) in [5.41, 5.74) is -0.0752. The summed E-state index contributed by atoms with van der Waals surface area (Å²) in [6, 6.07) is -0.167. The van der Waals surface area contributed by atoms with E-state index in [9.17, 15) is 96.6 Å². The number of halogens is 26. The smallest absolute Gasteiger partial charge is 0.380 e. The van der Waals surface area contributed by atoms with Crippen LogP contribution < -0.4 is 10.6 Å². The summed E-state index contributed by atoms with van der Waals surface area (Å²) < 4.78 is 363. The second kappa shape index (κ2) is 17.1. The zero-order chi connectivity index (χ0) is 50.8. The quantitative estimate of drug-likeness (QED) is 0.137. The highest BCUT2D eigenvalue weighted by Crippen LogP contribution is 2.63. The predicted octanol–water partition coefficient (Wildman–Crippen LogP) is 14.8. The van der Waals surface area contributed by atoms with Crippen molar-refractivity contribution < 1.29 is 114 Å². The minimum absolute atomic E-state index is 0.0223. The summed E-state index contributed by atoms with van der Waals surface area (Å²) in [5.74, 6) is -79.0. The molecule has 0 aliphatic carbocycles. The average Bonchev–Trinajstić information content (AvgIpc) is 3.08. The van der Waals surface area contributed by atoms with E-state index in [1.54, 1.807) is 0 Å². The number of hydrogen-bond acceptors (Lipinski definition) is 2. The normalized spacial score (nSPS) is 15.9. The molecule has 0 aromatic heterocycles. The molecule has 0 aliphatic heterocycles. The van der Waals surface area contributed by atoms with E-state index < -0.39 is 109 Å². The summed E-state index contributed by atoms with van der Waals surface area (Å²) >= 11 is 0. The lowest BCUT2D eigenvalue weighted by molar-refractivity contribution is -0.440. The fourth-order valence-electron chi connectivity index (χ4n) is 6.53. The average molecular weight is 989 g/mol. The molecule has 2 N–H and O–H groups in total. The Morgan fingerprint density at radius 3 is 0.734 bits per heavy atom. The molecule has 0 amide bonds. The van der Waals surface area contributed by atoms with Crippen molar-refractivity contribution in [2.45, 2.75) is 151 Å². The molecule has 0 spiro atoms. The first-order valence-corrected chi connectivity index (χ1v) is 17.7. The molecule has 0 bridgehead atoms. The molecule has 370 valence electrons. The van der Waals surface area contributed by atoms with Gasteiger partial charge in [0.25, 0.3) is 0 Å². The van der Waals surface area contributed by atoms with Crippen LogP contribution in [0, 0.1) is 41.5 Å². The van der Waals surface area contributed by atoms with Crippen LogP contribution in [-0.2, 0) is 0 Å². The van der Waals surface area contributed by atoms with Gasteiger partial charge < -0.3 is 10.6 Å². The second-order valence-electron chi connectivity index (χ2n) is 15.1. The standard InChI is InChI=1S/C36H34F26N2/c1-15-11-17(3)23(18(4)12-15)63-21(7-9-25(37,38)27(41,42)29(45,46)31(49,50)33(53,54)35(57,58)59)22(64-24-19(5)13-16(2)14-20(24)6)8-10-26(39,40)28(43,44)30(47,48)32(51,52)34(55,56)36(60,61)62/h11-14,21-22,63-64H,7-10H2,1-6H3. The molecule has 0 aliphatic rings. The molecule has 2 aromatic rings. The third kappa shape index (κ3) is 9.42. The summed E-state index contributed by atoms with van der Waals surface area (Å²) in [6.45, 7) is 7.54. The van der Waals surface area contributed by atoms with Gasteiger partial charge in [0, 0.05) is 36.3 Å². The van der Waals surface area contributed by atoms with Gasteiger partial charge >= 0.3 is 71.6 Å². The van der Waals surface area contributed by atoms with Gasteiger partial charge in [-0.1, -0.05) is 35.4 Å². The Hall–Kier alpha value is -3.78. The van der Waals surface area contributed by atoms with Crippen LogP contribution in [0.4, 0.5) is 126 Å². The minimum Gasteiger partial charge on any atom is -0.380 e. The zero-order valence-electron chi connectivity index (χ0n) is 33.1. The van der Waals surface area contributed by atoms with E-state index in [2.05, 4.69) is 10.6 Å². The molecule has 0 fully saturated rings. The van der Waals surface area contributed by atoms with Crippen molar-refractivity contribution in [1.82, 2.24) is 0 Å². The summed E-state index contributed by atoms with van der Waals surface area (Å²) in [5, 5.41) is 4.49. The van der Waals surface area contributed by atoms with E-state index in [0.717, 1.165) is 0 Å². The van der Waals surface area contributed by atoms with E-state index in [0.29, 0.717) is 11.1 Å². The number of rotatable bonds is 19. The first kappa shape index (κ1) is 56.3. The molecular weight excluding hydrogens is 954 g/mol. The Balaban J connectivity index is 2.90. The SMILES string of the molecule is Cc1cc(C)c(NC(CCC(F)(F)C(F)(F)C(F)(F)C(F)(F)C(F)(F)C(F)(F)F)C(CCC(F)(F)C(F)(F)C(F)(F)C(F)(F)C(F)(F)C(F)(F)F)Nc2c(C)cc(C)cc2C)c(C)c1. The Bertz CT molecular complexity index is 1780. The lowest BCUT2D eigenvalue weighted by atomic mass is 9.87. The molecular formula is C36H34F26N2. The van der Waals surface area contributed by atoms with Gasteiger partial charge in [0.1, 0.15) is 0 Å². The molecule has 2 unspecified atom stereocenters. The lowest BCUT2D eigenvalue weighted by Crippen LogP contribution is -2.70. The third-order valence-electron chi connectivity index (χ3n) is 10.0. The maximum absolute atomic E-state index is 15.2. The van der Waals surface area contributed by atoms with Crippen LogP contribution in [-0.4, -0.2) is 83.7 Å². The number of alkyl halides is 26. The maximum atomic E-state index is 15.2. The fraction of sp³-hybridized carbons (Fsp3) is 0.667. The molecule has 0 heterocycles. The van der Waals surface area contributed by atoms with Crippen LogP contribution >= 0.6 is 0 Å². The van der Waals surface area contributed by atoms with Crippen molar-refractivity contribution >= 4 is 11.4 Å². The van der Waals surface area contributed by atoms with E-state index in [-0.39, 0.29) is 33.6 Å². The highest BCUT2D eigenvalue weighted by atomic mass is 19.4. The van der Waals surface area contributed by atoms with Crippen LogP contribution in [0.5, 0.6) is 0 Å². The minimum atomic E-state index is -8.34. The molecule has 2 rings (SSSR count). The van der Waals surface area contributed by atoms with Crippen LogP contribution in [0.1, 0.15) is 59.1 Å². The number of anilines is 2. The Morgan fingerprint density at radius 1 is 0.328 bits per heavy atom. The highest BCUT2D eigenvalue weighted by molar-refractivity contribution is 5.61. The van der Waals surface area contributed by atoms with Gasteiger partial charge in [-0.3, -0.25) is 0 Å². The highest BCUT2D eigenvalue weighted by Gasteiger charge is 2.92. The molecule has 2 aromatic carbocycles. The van der Waals surface area contributed by atoms with Crippen LogP contribution in [0.3, 0.4) is 0 Å². The third-order valence-corrected chi connectivity index (χ3v) is 10.0. The first-order chi connectivity index (χ1) is 28.1. The van der Waals surface area contributed by atoms with Crippen molar-refractivity contribution in [3.8, 4) is 0 Å². The topological polar surface area (TPSA) is 24.1 Å². The van der Waals surface area contributed by atoms with Gasteiger partial charge in [0.15, 0.2) is 0 Å². The van der Waals surface area contributed by atoms with Crippen LogP contribution in [0.25, 0.3) is 0 Å². The van der Waals surface area contributed by atoms with Crippen molar-refractivity contribution in [3.63, 3.8) is 0 Å². The van der Waals surface area contributed by atoms with E-state index in [1.807, 2.05) is 0 Å². The molecule has 2 atom stereocenters. The van der Waals surface area contributed by atoms with Crippen LogP contribution in [0.2, 0.25) is 0 Å². The number of hydrogen-bond donors (Lipinski definition) is 2. The van der Waals surface area contributed by atoms with Gasteiger partial charge in [-0.2, -0.15) is 114 Å². The van der Waals surface area contributed by atoms with Gasteiger partial charge in [-0.05, 0) is 76.6 Å². The molecule has 0 saturated heterocycles. The number of aryl methyl sites for hydroxylation is 6. The maximum Gasteiger partial charge on any atom is 0.460 e. The number of nitrogens with one attached hydrogen (secondary N) is 2. The van der Waals surface area contributed by atoms with Crippen molar-refractivity contribution in [2.24, 2.45) is 0 Å². The van der Waals surface area contributed by atoms with Crippen molar-refractivity contribution in [2.75, 3.05) is 10.6 Å². The van der Waals surface area contributed by atoms with E-state index in [1.165, 1.54) is 65.8 Å². The van der Waals surface area contributed by atoms with Crippen molar-refractivity contribution in [3.05, 3.63) is 57.6 Å². The van der Waals surface area contributed by atoms with Gasteiger partial charge in [-0.15, -0.1) is 0 Å². The van der Waals surface area contributed by atoms with E-state index in [4.69, 9.17) is 0 Å². The van der Waals surface area contributed by atoms with Crippen molar-refractivity contribution in [1.29, 1.82) is 0 Å². The Labute approximate surface area is 345 Å². The predicted molar refractivity (Wildman–Crippen MR) is 176 cm³/mol. The van der Waals surface area contributed by atoms with Gasteiger partial charge in [0.2, 0.25) is 0 Å². The molecule has 64 heavy (non-hydrogen) atoms. The summed E-state index contributed by atoms with van der Waals surface area (Å²) in [6.07, 6.45) is -25.8. The molecule has 2 nitrogen and oxygen atoms in total. The van der Waals surface area contributed by atoms with Gasteiger partial charge in [0.05, 0.1) is 0 Å². The Kier molecular flexibility index (Phi) is 15.1. The number of benzene rings is 2.